The van der Waals surface area contributed by atoms with E-state index in [2.05, 4.69) is 25.9 Å². The van der Waals surface area contributed by atoms with Gasteiger partial charge in [-0.25, -0.2) is 14.6 Å². The Kier molecular flexibility index (Phi) is 9.94. The highest BCUT2D eigenvalue weighted by Gasteiger charge is 2.22. The fraction of sp³-hybridized carbons (Fsp3) is 0.200. The number of nitrogens with zero attached hydrogens (tertiary/aromatic N) is 1. The molecule has 11 heteroatoms. The van der Waals surface area contributed by atoms with Crippen LogP contribution < -0.4 is 26.2 Å². The molecule has 236 valence electrons. The first-order chi connectivity index (χ1) is 22.2. The van der Waals surface area contributed by atoms with E-state index in [1.54, 1.807) is 60.9 Å². The summed E-state index contributed by atoms with van der Waals surface area (Å²) in [6.07, 6.45) is 2.62. The molecule has 0 saturated heterocycles. The van der Waals surface area contributed by atoms with Gasteiger partial charge in [-0.15, -0.1) is 0 Å². The van der Waals surface area contributed by atoms with Crippen LogP contribution in [0.5, 0.6) is 11.6 Å². The third-order valence-corrected chi connectivity index (χ3v) is 7.48. The second-order valence-electron chi connectivity index (χ2n) is 10.9. The van der Waals surface area contributed by atoms with Gasteiger partial charge in [-0.2, -0.15) is 0 Å². The highest BCUT2D eigenvalue weighted by molar-refractivity contribution is 5.87. The van der Waals surface area contributed by atoms with Crippen LogP contribution in [0.1, 0.15) is 41.1 Å². The normalized spacial score (nSPS) is 12.2. The third-order valence-electron chi connectivity index (χ3n) is 7.48. The summed E-state index contributed by atoms with van der Waals surface area (Å²) in [6, 6.07) is 22.0. The summed E-state index contributed by atoms with van der Waals surface area (Å²) in [5, 5.41) is 20.1. The zero-order chi connectivity index (χ0) is 32.6. The van der Waals surface area contributed by atoms with E-state index in [1.807, 2.05) is 51.2 Å². The van der Waals surface area contributed by atoms with Crippen LogP contribution in [0, 0.1) is 6.92 Å². The second kappa shape index (κ2) is 14.4. The first kappa shape index (κ1) is 31.7. The molecule has 5 rings (SSSR count). The number of aryl methyl sites for hydroxylation is 1. The molecule has 2 heterocycles. The summed E-state index contributed by atoms with van der Waals surface area (Å²) < 4.78 is 11.4. The number of nitrogens with one attached hydrogen (secondary N) is 4. The van der Waals surface area contributed by atoms with Crippen LogP contribution in [-0.4, -0.2) is 40.8 Å². The number of hydrogen-bond acceptors (Lipinski definition) is 8. The van der Waals surface area contributed by atoms with Crippen LogP contribution in [-0.2, 0) is 16.1 Å². The molecule has 0 saturated carbocycles. The van der Waals surface area contributed by atoms with Gasteiger partial charge in [0, 0.05) is 53.2 Å². The van der Waals surface area contributed by atoms with E-state index in [0.717, 1.165) is 22.1 Å². The minimum Gasteiger partial charge on any atom is -0.479 e. The standard InChI is InChI=1S/C35H35N5O6/c1-21-16-24(32(34(42)43)39-27-9-7-23-13-15-38-33(41)29(23)18-27)8-11-28(21)22(2)20-45-35(44)40-26-10-12-30(25(17-26)19-36-3)46-31-6-4-5-14-37-31/h4-18,22,32,36,39H,19-20H2,1-3H3,(H,38,41)(H,40,44)(H,42,43)/t22-,32?/m0/s1. The molecule has 0 fully saturated rings. The number of aromatic amines is 1. The molecule has 11 nitrogen and oxygen atoms in total. The van der Waals surface area contributed by atoms with Crippen LogP contribution in [0.2, 0.25) is 0 Å². The molecule has 2 atom stereocenters. The molecule has 3 aromatic carbocycles. The SMILES string of the molecule is CNCc1cc(NC(=O)OC[C@H](C)c2ccc(C(Nc3ccc4cc[nH]c(=O)c4c3)C(=O)O)cc2C)ccc1Oc1ccccn1. The number of carbonyl (C=O) groups is 2. The fourth-order valence-corrected chi connectivity index (χ4v) is 5.21. The first-order valence-electron chi connectivity index (χ1n) is 14.7. The van der Waals surface area contributed by atoms with Gasteiger partial charge in [-0.3, -0.25) is 10.1 Å². The number of fused-ring (bicyclic) bond motifs is 1. The number of carboxylic acid groups (broad SMARTS) is 1. The van der Waals surface area contributed by atoms with Gasteiger partial charge in [0.15, 0.2) is 6.04 Å². The number of anilines is 2. The summed E-state index contributed by atoms with van der Waals surface area (Å²) in [5.74, 6) is -0.129. The molecule has 0 aliphatic rings. The fourth-order valence-electron chi connectivity index (χ4n) is 5.21. The van der Waals surface area contributed by atoms with Gasteiger partial charge in [0.1, 0.15) is 5.75 Å². The Hall–Kier alpha value is -5.68. The molecule has 2 aromatic heterocycles. The molecule has 46 heavy (non-hydrogen) atoms. The van der Waals surface area contributed by atoms with Crippen LogP contribution in [0.3, 0.4) is 0 Å². The molecule has 0 radical (unpaired) electrons. The minimum atomic E-state index is -1.06. The first-order valence-corrected chi connectivity index (χ1v) is 14.7. The van der Waals surface area contributed by atoms with Crippen molar-refractivity contribution in [1.82, 2.24) is 15.3 Å². The van der Waals surface area contributed by atoms with Crippen molar-refractivity contribution in [2.24, 2.45) is 0 Å². The van der Waals surface area contributed by atoms with Gasteiger partial charge in [0.2, 0.25) is 5.88 Å². The topological polar surface area (TPSA) is 155 Å². The Balaban J connectivity index is 1.21. The number of amides is 1. The smallest absolute Gasteiger partial charge is 0.411 e. The van der Waals surface area contributed by atoms with E-state index in [-0.39, 0.29) is 18.1 Å². The molecule has 0 aliphatic heterocycles. The monoisotopic (exact) mass is 621 g/mol. The van der Waals surface area contributed by atoms with Crippen molar-refractivity contribution in [2.45, 2.75) is 32.4 Å². The molecular weight excluding hydrogens is 586 g/mol. The van der Waals surface area contributed by atoms with Crippen molar-refractivity contribution in [2.75, 3.05) is 24.3 Å². The second-order valence-corrected chi connectivity index (χ2v) is 10.9. The molecule has 0 bridgehead atoms. The Morgan fingerprint density at radius 1 is 1.00 bits per heavy atom. The van der Waals surface area contributed by atoms with Crippen molar-refractivity contribution in [3.05, 3.63) is 124 Å². The van der Waals surface area contributed by atoms with E-state index >= 15 is 0 Å². The Morgan fingerprint density at radius 3 is 2.57 bits per heavy atom. The zero-order valence-electron chi connectivity index (χ0n) is 25.7. The average molecular weight is 622 g/mol. The van der Waals surface area contributed by atoms with Gasteiger partial charge >= 0.3 is 12.1 Å². The number of pyridine rings is 2. The largest absolute Gasteiger partial charge is 0.479 e. The number of benzene rings is 3. The molecule has 5 N–H and O–H groups in total. The quantitative estimate of drug-likeness (QED) is 0.107. The van der Waals surface area contributed by atoms with Crippen LogP contribution in [0.15, 0.2) is 96.1 Å². The van der Waals surface area contributed by atoms with E-state index in [1.165, 1.54) is 0 Å². The van der Waals surface area contributed by atoms with Gasteiger partial charge in [0.05, 0.1) is 6.61 Å². The highest BCUT2D eigenvalue weighted by Crippen LogP contribution is 2.29. The molecule has 1 unspecified atom stereocenters. The number of ether oxygens (including phenoxy) is 2. The van der Waals surface area contributed by atoms with Crippen molar-refractivity contribution in [3.8, 4) is 11.6 Å². The van der Waals surface area contributed by atoms with Crippen LogP contribution in [0.25, 0.3) is 10.8 Å². The lowest BCUT2D eigenvalue weighted by molar-refractivity contribution is -0.138. The molecular formula is C35H35N5O6. The maximum atomic E-state index is 12.7. The van der Waals surface area contributed by atoms with Gasteiger partial charge in [-0.1, -0.05) is 37.3 Å². The van der Waals surface area contributed by atoms with Crippen molar-refractivity contribution >= 4 is 34.2 Å². The number of H-pyrrole nitrogens is 1. The number of carboxylic acids is 1. The molecule has 0 aliphatic carbocycles. The maximum absolute atomic E-state index is 12.7. The van der Waals surface area contributed by atoms with Crippen LogP contribution in [0.4, 0.5) is 16.2 Å². The Morgan fingerprint density at radius 2 is 1.83 bits per heavy atom. The molecule has 0 spiro atoms. The minimum absolute atomic E-state index is 0.114. The van der Waals surface area contributed by atoms with E-state index in [0.29, 0.717) is 40.5 Å². The number of rotatable bonds is 12. The van der Waals surface area contributed by atoms with E-state index < -0.39 is 18.1 Å². The Bertz CT molecular complexity index is 1910. The van der Waals surface area contributed by atoms with Crippen molar-refractivity contribution in [1.29, 1.82) is 0 Å². The lowest BCUT2D eigenvalue weighted by atomic mass is 9.93. The van der Waals surface area contributed by atoms with E-state index in [9.17, 15) is 19.5 Å². The van der Waals surface area contributed by atoms with Crippen molar-refractivity contribution < 1.29 is 24.2 Å². The number of carbonyl (C=O) groups excluding carboxylic acids is 1. The van der Waals surface area contributed by atoms with Crippen molar-refractivity contribution in [3.63, 3.8) is 0 Å². The summed E-state index contributed by atoms with van der Waals surface area (Å²) in [7, 11) is 1.82. The maximum Gasteiger partial charge on any atom is 0.411 e. The van der Waals surface area contributed by atoms with E-state index in [4.69, 9.17) is 9.47 Å². The predicted molar refractivity (Wildman–Crippen MR) is 177 cm³/mol. The lowest BCUT2D eigenvalue weighted by Crippen LogP contribution is -2.21. The number of aromatic nitrogens is 2. The average Bonchev–Trinajstić information content (AvgIpc) is 3.04. The number of hydrogen-bond donors (Lipinski definition) is 5. The predicted octanol–water partition coefficient (Wildman–Crippen LogP) is 6.33. The highest BCUT2D eigenvalue weighted by atomic mass is 16.5. The third kappa shape index (κ3) is 7.69. The van der Waals surface area contributed by atoms with Gasteiger partial charge in [-0.05, 0) is 78.5 Å². The molecule has 1 amide bonds. The molecule has 5 aromatic rings. The van der Waals surface area contributed by atoms with Crippen LogP contribution >= 0.6 is 0 Å². The van der Waals surface area contributed by atoms with Gasteiger partial charge in [0.25, 0.3) is 5.56 Å². The summed E-state index contributed by atoms with van der Waals surface area (Å²) in [6.45, 7) is 4.45. The van der Waals surface area contributed by atoms with Gasteiger partial charge < -0.3 is 30.2 Å². The lowest BCUT2D eigenvalue weighted by Gasteiger charge is -2.20. The zero-order valence-corrected chi connectivity index (χ0v) is 25.7. The summed E-state index contributed by atoms with van der Waals surface area (Å²) in [4.78, 5) is 44.0. The summed E-state index contributed by atoms with van der Waals surface area (Å²) in [5.41, 5.74) is 3.98. The Labute approximate surface area is 265 Å². The number of aliphatic carboxylic acids is 1. The summed E-state index contributed by atoms with van der Waals surface area (Å²) >= 11 is 0.